The zero-order valence-corrected chi connectivity index (χ0v) is 23.2. The Bertz CT molecular complexity index is 1430. The highest BCUT2D eigenvalue weighted by atomic mass is 127. The Morgan fingerprint density at radius 2 is 1.62 bits per heavy atom. The number of imide groups is 2. The first-order chi connectivity index (χ1) is 17.5. The first-order valence-corrected chi connectivity index (χ1v) is 13.7. The van der Waals surface area contributed by atoms with Crippen LogP contribution >= 0.6 is 45.8 Å². The van der Waals surface area contributed by atoms with Gasteiger partial charge in [0.05, 0.1) is 17.5 Å². The second kappa shape index (κ2) is 8.28. The number of halogens is 3. The van der Waals surface area contributed by atoms with E-state index in [0.29, 0.717) is 16.8 Å². The molecular formula is C27H21Cl2IN2O5. The number of rotatable bonds is 2. The molecule has 2 saturated heterocycles. The third-order valence-corrected chi connectivity index (χ3v) is 10.5. The first-order valence-electron chi connectivity index (χ1n) is 11.8. The van der Waals surface area contributed by atoms with Crippen molar-refractivity contribution in [2.75, 3.05) is 11.9 Å². The van der Waals surface area contributed by atoms with Gasteiger partial charge in [0.15, 0.2) is 9.75 Å². The van der Waals surface area contributed by atoms with Gasteiger partial charge in [0.25, 0.3) is 11.8 Å². The fraction of sp³-hybridized carbons (Fsp3) is 0.333. The van der Waals surface area contributed by atoms with Crippen LogP contribution in [-0.4, -0.2) is 50.4 Å². The van der Waals surface area contributed by atoms with Gasteiger partial charge in [-0.1, -0.05) is 29.8 Å². The molecule has 1 saturated carbocycles. The van der Waals surface area contributed by atoms with Crippen LogP contribution in [0, 0.1) is 21.3 Å². The Hall–Kier alpha value is -2.43. The Labute approximate surface area is 236 Å². The van der Waals surface area contributed by atoms with Gasteiger partial charge in [-0.05, 0) is 71.7 Å². The smallest absolute Gasteiger partial charge is 0.253 e. The number of nitrogens with zero attached hydrogens (tertiary/aromatic N) is 2. The van der Waals surface area contributed by atoms with Crippen LogP contribution in [0.25, 0.3) is 0 Å². The van der Waals surface area contributed by atoms with Crippen molar-refractivity contribution in [1.82, 2.24) is 4.90 Å². The van der Waals surface area contributed by atoms with Gasteiger partial charge in [0, 0.05) is 22.1 Å². The van der Waals surface area contributed by atoms with Gasteiger partial charge in [-0.3, -0.25) is 29.0 Å². The third-order valence-electron chi connectivity index (χ3n) is 8.35. The average molecular weight is 651 g/mol. The van der Waals surface area contributed by atoms with Crippen molar-refractivity contribution in [3.8, 4) is 5.75 Å². The molecule has 2 aliphatic carbocycles. The maximum atomic E-state index is 13.9. The second-order valence-electron chi connectivity index (χ2n) is 10.0. The van der Waals surface area contributed by atoms with Crippen LogP contribution in [0.1, 0.15) is 24.3 Å². The number of likely N-dealkylation sites (tertiary alicyclic amines) is 1. The lowest BCUT2D eigenvalue weighted by molar-refractivity contribution is -0.138. The van der Waals surface area contributed by atoms with E-state index in [9.17, 15) is 24.3 Å². The van der Waals surface area contributed by atoms with Gasteiger partial charge in [0.1, 0.15) is 5.75 Å². The molecule has 4 amide bonds. The summed E-state index contributed by atoms with van der Waals surface area (Å²) in [5.74, 6) is -5.06. The van der Waals surface area contributed by atoms with Crippen LogP contribution in [0.3, 0.4) is 0 Å². The minimum Gasteiger partial charge on any atom is -0.508 e. The standard InChI is InChI=1S/C27H21Cl2IN2O5/c1-31-24(36)26(28)12-18-15(21(27(26,29)25(31)37)16-4-2-3-5-19(16)33)10-11-17-20(18)23(35)32(22(17)34)14-8-6-13(30)7-9-14/h2-10,17-18,20-21,33H,11-12H2,1H3. The Balaban J connectivity index is 1.52. The molecule has 2 aliphatic heterocycles. The molecule has 2 heterocycles. The summed E-state index contributed by atoms with van der Waals surface area (Å²) in [5.41, 5.74) is 1.48. The molecule has 6 rings (SSSR count). The number of fused-ring (bicyclic) bond motifs is 4. The van der Waals surface area contributed by atoms with Gasteiger partial charge in [-0.2, -0.15) is 0 Å². The summed E-state index contributed by atoms with van der Waals surface area (Å²) in [6.07, 6.45) is 2.04. The van der Waals surface area contributed by atoms with Crippen LogP contribution in [0.4, 0.5) is 5.69 Å². The summed E-state index contributed by atoms with van der Waals surface area (Å²) < 4.78 is 0.968. The number of hydrogen-bond acceptors (Lipinski definition) is 5. The third kappa shape index (κ3) is 3.12. The summed E-state index contributed by atoms with van der Waals surface area (Å²) >= 11 is 16.3. The molecule has 1 N–H and O–H groups in total. The summed E-state index contributed by atoms with van der Waals surface area (Å²) in [7, 11) is 1.34. The number of allylic oxidation sites excluding steroid dienone is 2. The molecule has 190 valence electrons. The minimum atomic E-state index is -1.91. The predicted octanol–water partition coefficient (Wildman–Crippen LogP) is 4.19. The molecule has 37 heavy (non-hydrogen) atoms. The molecule has 2 aromatic carbocycles. The van der Waals surface area contributed by atoms with E-state index < -0.39 is 45.2 Å². The van der Waals surface area contributed by atoms with E-state index in [1.165, 1.54) is 18.0 Å². The molecule has 2 aromatic rings. The van der Waals surface area contributed by atoms with Crippen LogP contribution in [-0.2, 0) is 19.2 Å². The highest BCUT2D eigenvalue weighted by molar-refractivity contribution is 14.1. The number of para-hydroxylation sites is 1. The highest BCUT2D eigenvalue weighted by Gasteiger charge is 2.76. The van der Waals surface area contributed by atoms with E-state index in [4.69, 9.17) is 23.2 Å². The Morgan fingerprint density at radius 3 is 2.30 bits per heavy atom. The molecule has 0 aromatic heterocycles. The molecular weight excluding hydrogens is 630 g/mol. The lowest BCUT2D eigenvalue weighted by atomic mass is 9.56. The summed E-state index contributed by atoms with van der Waals surface area (Å²) in [4.78, 5) is 52.7. The van der Waals surface area contributed by atoms with Crippen molar-refractivity contribution in [2.45, 2.75) is 28.5 Å². The Kier molecular flexibility index (Phi) is 5.57. The van der Waals surface area contributed by atoms with Gasteiger partial charge in [-0.25, -0.2) is 0 Å². The molecule has 4 aliphatic rings. The number of alkyl halides is 2. The van der Waals surface area contributed by atoms with E-state index in [1.807, 2.05) is 18.2 Å². The normalized spacial score (nSPS) is 34.9. The molecule has 6 unspecified atom stereocenters. The maximum absolute atomic E-state index is 13.9. The number of amides is 4. The number of carbonyl (C=O) groups is 4. The number of phenols is 1. The predicted molar refractivity (Wildman–Crippen MR) is 145 cm³/mol. The SMILES string of the molecule is CN1C(=O)C2(Cl)CC3C(=CCC4C(=O)N(c5ccc(I)cc5)C(=O)C43)C(c3ccccc3O)C2(Cl)C1=O. The van der Waals surface area contributed by atoms with Gasteiger partial charge < -0.3 is 5.11 Å². The molecule has 6 atom stereocenters. The summed E-state index contributed by atoms with van der Waals surface area (Å²) in [6, 6.07) is 13.6. The van der Waals surface area contributed by atoms with Crippen molar-refractivity contribution in [1.29, 1.82) is 0 Å². The number of benzene rings is 2. The quantitative estimate of drug-likeness (QED) is 0.228. The molecule has 3 fully saturated rings. The molecule has 0 radical (unpaired) electrons. The monoisotopic (exact) mass is 650 g/mol. The van der Waals surface area contributed by atoms with Crippen LogP contribution in [0.5, 0.6) is 5.75 Å². The zero-order valence-electron chi connectivity index (χ0n) is 19.5. The fourth-order valence-corrected chi connectivity index (χ4v) is 8.04. The van der Waals surface area contributed by atoms with E-state index in [-0.39, 0.29) is 30.4 Å². The van der Waals surface area contributed by atoms with E-state index in [0.717, 1.165) is 8.47 Å². The van der Waals surface area contributed by atoms with Crippen molar-refractivity contribution >= 4 is 75.1 Å². The van der Waals surface area contributed by atoms with E-state index in [1.54, 1.807) is 30.3 Å². The van der Waals surface area contributed by atoms with Gasteiger partial charge >= 0.3 is 0 Å². The number of aromatic hydroxyl groups is 1. The topological polar surface area (TPSA) is 95.0 Å². The largest absolute Gasteiger partial charge is 0.508 e. The molecule has 10 heteroatoms. The van der Waals surface area contributed by atoms with E-state index in [2.05, 4.69) is 22.6 Å². The van der Waals surface area contributed by atoms with Crippen molar-refractivity contribution in [3.63, 3.8) is 0 Å². The minimum absolute atomic E-state index is 0.0797. The summed E-state index contributed by atoms with van der Waals surface area (Å²) in [5, 5.41) is 10.8. The number of hydrogen-bond donors (Lipinski definition) is 1. The molecule has 0 bridgehead atoms. The fourth-order valence-electron chi connectivity index (χ4n) is 6.67. The molecule has 7 nitrogen and oxygen atoms in total. The second-order valence-corrected chi connectivity index (χ2v) is 12.5. The summed E-state index contributed by atoms with van der Waals surface area (Å²) in [6.45, 7) is 0. The van der Waals surface area contributed by atoms with Gasteiger partial charge in [-0.15, -0.1) is 23.2 Å². The van der Waals surface area contributed by atoms with Crippen molar-refractivity contribution in [2.24, 2.45) is 17.8 Å². The molecule has 0 spiro atoms. The maximum Gasteiger partial charge on any atom is 0.253 e. The lowest BCUT2D eigenvalue weighted by Gasteiger charge is -2.50. The van der Waals surface area contributed by atoms with Gasteiger partial charge in [0.2, 0.25) is 11.8 Å². The average Bonchev–Trinajstić information content (AvgIpc) is 3.20. The zero-order chi connectivity index (χ0) is 26.4. The van der Waals surface area contributed by atoms with Crippen LogP contribution in [0.15, 0.2) is 60.2 Å². The van der Waals surface area contributed by atoms with Crippen LogP contribution in [0.2, 0.25) is 0 Å². The number of phenolic OH excluding ortho intramolecular Hbond substituents is 1. The lowest BCUT2D eigenvalue weighted by Crippen LogP contribution is -2.60. The van der Waals surface area contributed by atoms with Crippen molar-refractivity contribution < 1.29 is 24.3 Å². The van der Waals surface area contributed by atoms with E-state index >= 15 is 0 Å². The number of carbonyl (C=O) groups excluding carboxylic acids is 4. The van der Waals surface area contributed by atoms with Crippen molar-refractivity contribution in [3.05, 3.63) is 69.3 Å². The first kappa shape index (κ1) is 24.9. The highest BCUT2D eigenvalue weighted by Crippen LogP contribution is 2.66. The van der Waals surface area contributed by atoms with Crippen LogP contribution < -0.4 is 4.90 Å². The Morgan fingerprint density at radius 1 is 0.946 bits per heavy atom. The number of anilines is 1.